The van der Waals surface area contributed by atoms with E-state index in [1.165, 1.54) is 19.3 Å². The van der Waals surface area contributed by atoms with Gasteiger partial charge in [-0.25, -0.2) is 0 Å². The van der Waals surface area contributed by atoms with Gasteiger partial charge in [-0.2, -0.15) is 0 Å². The first-order valence-corrected chi connectivity index (χ1v) is 4.75. The molecule has 0 spiro atoms. The first-order valence-electron chi connectivity index (χ1n) is 4.75. The van der Waals surface area contributed by atoms with Crippen molar-refractivity contribution in [3.63, 3.8) is 0 Å². The number of nitrogens with two attached hydrogens (primary N) is 1. The number of likely N-dealkylation sites (N-methyl/N-ethyl adjacent to an activating group) is 1. The van der Waals surface area contributed by atoms with Gasteiger partial charge in [0.2, 0.25) is 5.91 Å². The molecule has 0 radical (unpaired) electrons. The number of nitrogens with zero attached hydrogens (tertiary/aromatic N) is 1. The smallest absolute Gasteiger partial charge is 0.233 e. The summed E-state index contributed by atoms with van der Waals surface area (Å²) in [6.45, 7) is 0.819. The molecule has 1 amide bonds. The molecule has 0 unspecified atom stereocenters. The normalized spacial score (nSPS) is 19.7. The van der Waals surface area contributed by atoms with Crippen LogP contribution >= 0.6 is 0 Å². The van der Waals surface area contributed by atoms with Crippen molar-refractivity contribution in [1.29, 1.82) is 0 Å². The van der Waals surface area contributed by atoms with E-state index in [-0.39, 0.29) is 18.0 Å². The molecule has 0 aromatic carbocycles. The van der Waals surface area contributed by atoms with E-state index in [1.54, 1.807) is 0 Å². The summed E-state index contributed by atoms with van der Waals surface area (Å²) < 4.78 is 0. The first kappa shape index (κ1) is 10.5. The highest BCUT2D eigenvalue weighted by molar-refractivity contribution is 5.77. The van der Waals surface area contributed by atoms with Crippen molar-refractivity contribution in [2.24, 2.45) is 5.73 Å². The Morgan fingerprint density at radius 1 is 1.54 bits per heavy atom. The Kier molecular flexibility index (Phi) is 3.27. The lowest BCUT2D eigenvalue weighted by Gasteiger charge is -2.47. The lowest BCUT2D eigenvalue weighted by atomic mass is 9.75. The Balaban J connectivity index is 2.36. The van der Waals surface area contributed by atoms with Crippen LogP contribution in [0.5, 0.6) is 0 Å². The number of hydrogen-bond donors (Lipinski definition) is 2. The molecule has 1 saturated carbocycles. The van der Waals surface area contributed by atoms with Crippen LogP contribution in [-0.2, 0) is 4.79 Å². The van der Waals surface area contributed by atoms with Gasteiger partial charge in [-0.15, -0.1) is 0 Å². The van der Waals surface area contributed by atoms with Crippen LogP contribution in [-0.4, -0.2) is 43.5 Å². The summed E-state index contributed by atoms with van der Waals surface area (Å²) in [6, 6.07) is 0. The average molecular weight is 185 g/mol. The van der Waals surface area contributed by atoms with Gasteiger partial charge in [-0.05, 0) is 33.4 Å². The van der Waals surface area contributed by atoms with E-state index in [9.17, 15) is 4.79 Å². The molecule has 0 atom stereocenters. The third-order valence-corrected chi connectivity index (χ3v) is 3.03. The van der Waals surface area contributed by atoms with Crippen molar-refractivity contribution in [1.82, 2.24) is 10.2 Å². The number of amides is 1. The molecule has 1 aliphatic rings. The van der Waals surface area contributed by atoms with Gasteiger partial charge in [0.05, 0.1) is 6.54 Å². The Hall–Kier alpha value is -0.610. The zero-order valence-corrected chi connectivity index (χ0v) is 8.47. The Bertz CT molecular complexity index is 187. The van der Waals surface area contributed by atoms with Gasteiger partial charge in [-0.3, -0.25) is 4.79 Å². The predicted octanol–water partition coefficient (Wildman–Crippen LogP) is -0.454. The largest absolute Gasteiger partial charge is 0.353 e. The lowest BCUT2D eigenvalue weighted by Crippen LogP contribution is -2.57. The average Bonchev–Trinajstić information content (AvgIpc) is 2.01. The molecule has 13 heavy (non-hydrogen) atoms. The maximum atomic E-state index is 11.0. The molecule has 0 aromatic rings. The number of nitrogens with one attached hydrogen (secondary N) is 1. The van der Waals surface area contributed by atoms with E-state index in [1.807, 2.05) is 0 Å². The van der Waals surface area contributed by atoms with E-state index >= 15 is 0 Å². The fraction of sp³-hybridized carbons (Fsp3) is 0.889. The fourth-order valence-corrected chi connectivity index (χ4v) is 1.70. The van der Waals surface area contributed by atoms with E-state index in [0.29, 0.717) is 0 Å². The summed E-state index contributed by atoms with van der Waals surface area (Å²) in [5, 5.41) is 2.85. The summed E-state index contributed by atoms with van der Waals surface area (Å²) >= 11 is 0. The zero-order chi connectivity index (χ0) is 9.90. The van der Waals surface area contributed by atoms with Crippen LogP contribution in [0.25, 0.3) is 0 Å². The summed E-state index contributed by atoms with van der Waals surface area (Å²) in [5.41, 5.74) is 5.41. The highest BCUT2D eigenvalue weighted by Crippen LogP contribution is 2.35. The minimum atomic E-state index is -0.0619. The van der Waals surface area contributed by atoms with Crippen LogP contribution in [0.3, 0.4) is 0 Å². The molecule has 1 fully saturated rings. The van der Waals surface area contributed by atoms with Crippen LogP contribution in [0.1, 0.15) is 19.3 Å². The molecule has 0 aliphatic heterocycles. The Morgan fingerprint density at radius 2 is 2.15 bits per heavy atom. The van der Waals surface area contributed by atoms with Gasteiger partial charge in [0.15, 0.2) is 0 Å². The summed E-state index contributed by atoms with van der Waals surface area (Å²) in [7, 11) is 4.13. The van der Waals surface area contributed by atoms with Crippen LogP contribution in [0, 0.1) is 0 Å². The van der Waals surface area contributed by atoms with Crippen molar-refractivity contribution < 1.29 is 4.79 Å². The topological polar surface area (TPSA) is 58.4 Å². The minimum absolute atomic E-state index is 0.0619. The molecule has 4 nitrogen and oxygen atoms in total. The number of carbonyl (C=O) groups excluding carboxylic acids is 1. The molecule has 0 bridgehead atoms. The van der Waals surface area contributed by atoms with E-state index in [4.69, 9.17) is 5.73 Å². The molecule has 0 saturated heterocycles. The van der Waals surface area contributed by atoms with Crippen LogP contribution < -0.4 is 11.1 Å². The minimum Gasteiger partial charge on any atom is -0.353 e. The maximum absolute atomic E-state index is 11.0. The molecule has 3 N–H and O–H groups in total. The van der Waals surface area contributed by atoms with Crippen molar-refractivity contribution >= 4 is 5.91 Å². The van der Waals surface area contributed by atoms with Gasteiger partial charge in [0.1, 0.15) is 0 Å². The molecule has 1 aliphatic carbocycles. The second-order valence-electron chi connectivity index (χ2n) is 3.95. The zero-order valence-electron chi connectivity index (χ0n) is 8.47. The highest BCUT2D eigenvalue weighted by atomic mass is 16.1. The molecule has 4 heteroatoms. The maximum Gasteiger partial charge on any atom is 0.233 e. The van der Waals surface area contributed by atoms with Crippen molar-refractivity contribution in [2.75, 3.05) is 27.2 Å². The van der Waals surface area contributed by atoms with E-state index < -0.39 is 0 Å². The summed E-state index contributed by atoms with van der Waals surface area (Å²) in [6.07, 6.45) is 3.60. The molecule has 1 rings (SSSR count). The number of rotatable bonds is 4. The molecular formula is C9H19N3O. The second kappa shape index (κ2) is 4.07. The lowest BCUT2D eigenvalue weighted by molar-refractivity contribution is -0.120. The van der Waals surface area contributed by atoms with E-state index in [2.05, 4.69) is 24.3 Å². The molecule has 76 valence electrons. The molecular weight excluding hydrogens is 166 g/mol. The van der Waals surface area contributed by atoms with Gasteiger partial charge in [-0.1, -0.05) is 0 Å². The summed E-state index contributed by atoms with van der Waals surface area (Å²) in [4.78, 5) is 13.2. The van der Waals surface area contributed by atoms with Gasteiger partial charge >= 0.3 is 0 Å². The predicted molar refractivity (Wildman–Crippen MR) is 52.3 cm³/mol. The molecule has 0 aromatic heterocycles. The van der Waals surface area contributed by atoms with Crippen molar-refractivity contribution in [2.45, 2.75) is 24.8 Å². The quantitative estimate of drug-likeness (QED) is 0.623. The molecule has 0 heterocycles. The van der Waals surface area contributed by atoms with Crippen molar-refractivity contribution in [3.05, 3.63) is 0 Å². The third kappa shape index (κ3) is 2.19. The van der Waals surface area contributed by atoms with Crippen LogP contribution in [0.15, 0.2) is 0 Å². The number of hydrogen-bond acceptors (Lipinski definition) is 3. The monoisotopic (exact) mass is 185 g/mol. The van der Waals surface area contributed by atoms with Gasteiger partial charge in [0, 0.05) is 12.1 Å². The SMILES string of the molecule is CN(C)C1(CNC(=O)CN)CCC1. The van der Waals surface area contributed by atoms with Crippen molar-refractivity contribution in [3.8, 4) is 0 Å². The Labute approximate surface area is 79.5 Å². The standard InChI is InChI=1S/C9H19N3O/c1-12(2)9(4-3-5-9)7-11-8(13)6-10/h3-7,10H2,1-2H3,(H,11,13). The van der Waals surface area contributed by atoms with Gasteiger partial charge in [0.25, 0.3) is 0 Å². The van der Waals surface area contributed by atoms with Crippen LogP contribution in [0.2, 0.25) is 0 Å². The summed E-state index contributed by atoms with van der Waals surface area (Å²) in [5.74, 6) is -0.0619. The van der Waals surface area contributed by atoms with Crippen LogP contribution in [0.4, 0.5) is 0 Å². The first-order chi connectivity index (χ1) is 6.10. The number of carbonyl (C=O) groups is 1. The Morgan fingerprint density at radius 3 is 2.46 bits per heavy atom. The fourth-order valence-electron chi connectivity index (χ4n) is 1.70. The van der Waals surface area contributed by atoms with Gasteiger partial charge < -0.3 is 16.0 Å². The second-order valence-corrected chi connectivity index (χ2v) is 3.95. The third-order valence-electron chi connectivity index (χ3n) is 3.03. The highest BCUT2D eigenvalue weighted by Gasteiger charge is 2.38. The van der Waals surface area contributed by atoms with E-state index in [0.717, 1.165) is 6.54 Å².